The molecule has 0 fully saturated rings. The van der Waals surface area contributed by atoms with E-state index in [4.69, 9.17) is 4.74 Å². The molecule has 0 radical (unpaired) electrons. The Hall–Kier alpha value is -4.26. The van der Waals surface area contributed by atoms with E-state index in [1.807, 2.05) is 7.05 Å². The van der Waals surface area contributed by atoms with E-state index in [1.165, 1.54) is 4.90 Å². The van der Waals surface area contributed by atoms with Crippen LogP contribution in [-0.4, -0.2) is 47.8 Å². The van der Waals surface area contributed by atoms with Gasteiger partial charge in [0.1, 0.15) is 6.07 Å². The van der Waals surface area contributed by atoms with Gasteiger partial charge in [-0.15, -0.1) is 0 Å². The summed E-state index contributed by atoms with van der Waals surface area (Å²) < 4.78 is 5.56. The van der Waals surface area contributed by atoms with Crippen LogP contribution < -0.4 is 15.5 Å². The van der Waals surface area contributed by atoms with Gasteiger partial charge in [0.15, 0.2) is 0 Å². The number of amides is 2. The van der Waals surface area contributed by atoms with Crippen molar-refractivity contribution in [3.63, 3.8) is 0 Å². The van der Waals surface area contributed by atoms with Crippen molar-refractivity contribution in [2.45, 2.75) is 32.9 Å². The van der Waals surface area contributed by atoms with Gasteiger partial charge in [-0.2, -0.15) is 5.26 Å². The van der Waals surface area contributed by atoms with Crippen LogP contribution in [0.4, 0.5) is 16.2 Å². The number of ether oxygens (including phenoxy) is 1. The minimum absolute atomic E-state index is 0.360. The largest absolute Gasteiger partial charge is 0.465 e. The lowest BCUT2D eigenvalue weighted by molar-refractivity contribution is 0.102. The number of carbonyl (C=O) groups is 2. The fourth-order valence-electron chi connectivity index (χ4n) is 3.77. The molecule has 0 aliphatic carbocycles. The van der Waals surface area contributed by atoms with E-state index in [1.54, 1.807) is 81.6 Å². The van der Waals surface area contributed by atoms with Crippen LogP contribution in [0.2, 0.25) is 0 Å². The number of rotatable bonds is 9. The van der Waals surface area contributed by atoms with Gasteiger partial charge in [0.25, 0.3) is 5.91 Å². The first-order chi connectivity index (χ1) is 17.7. The van der Waals surface area contributed by atoms with Crippen LogP contribution in [-0.2, 0) is 11.3 Å². The number of pyridine rings is 1. The third kappa shape index (κ3) is 6.91. The monoisotopic (exact) mass is 501 g/mol. The van der Waals surface area contributed by atoms with Crippen LogP contribution in [0.5, 0.6) is 0 Å². The number of nitrogens with zero attached hydrogens (tertiary/aromatic N) is 3. The molecule has 37 heavy (non-hydrogen) atoms. The topological polar surface area (TPSA) is 128 Å². The van der Waals surface area contributed by atoms with Crippen LogP contribution in [0.3, 0.4) is 0 Å². The number of aromatic nitrogens is 1. The first-order valence-corrected chi connectivity index (χ1v) is 11.8. The van der Waals surface area contributed by atoms with Crippen LogP contribution in [0.25, 0.3) is 11.3 Å². The molecule has 9 heteroatoms. The third-order valence-corrected chi connectivity index (χ3v) is 5.51. The Balaban J connectivity index is 1.79. The molecule has 0 saturated heterocycles. The number of likely N-dealkylation sites (N-methyl/N-ethyl adjacent to an activating group) is 1. The highest BCUT2D eigenvalue weighted by Crippen LogP contribution is 2.32. The van der Waals surface area contributed by atoms with Crippen LogP contribution in [0, 0.1) is 11.3 Å². The lowest BCUT2D eigenvalue weighted by Crippen LogP contribution is -2.45. The van der Waals surface area contributed by atoms with Crippen molar-refractivity contribution in [3.8, 4) is 17.3 Å². The van der Waals surface area contributed by atoms with E-state index in [9.17, 15) is 20.0 Å². The molecule has 0 spiro atoms. The van der Waals surface area contributed by atoms with Crippen molar-refractivity contribution >= 4 is 23.4 Å². The average molecular weight is 502 g/mol. The Kier molecular flexibility index (Phi) is 8.95. The number of nitrogens with one attached hydrogen (secondary N) is 2. The second-order valence-corrected chi connectivity index (χ2v) is 9.35. The van der Waals surface area contributed by atoms with Crippen molar-refractivity contribution in [3.05, 3.63) is 77.5 Å². The van der Waals surface area contributed by atoms with Crippen molar-refractivity contribution in [2.24, 2.45) is 0 Å². The summed E-state index contributed by atoms with van der Waals surface area (Å²) in [5.74, 6) is -0.388. The number of nitriles is 1. The van der Waals surface area contributed by atoms with Crippen molar-refractivity contribution < 1.29 is 19.4 Å². The molecule has 0 saturated carbocycles. The number of para-hydroxylation sites is 2. The summed E-state index contributed by atoms with van der Waals surface area (Å²) in [6.45, 7) is 7.00. The molecular formula is C28H31N5O4. The molecule has 0 unspecified atom stereocenters. The molecule has 1 heterocycles. The van der Waals surface area contributed by atoms with E-state index < -0.39 is 11.6 Å². The molecule has 0 bridgehead atoms. The van der Waals surface area contributed by atoms with Gasteiger partial charge >= 0.3 is 6.09 Å². The molecule has 0 aliphatic heterocycles. The van der Waals surface area contributed by atoms with Crippen molar-refractivity contribution in [1.82, 2.24) is 10.3 Å². The van der Waals surface area contributed by atoms with Gasteiger partial charge in [0.2, 0.25) is 0 Å². The van der Waals surface area contributed by atoms with Crippen LogP contribution >= 0.6 is 0 Å². The Bertz CT molecular complexity index is 1290. The highest BCUT2D eigenvalue weighted by Gasteiger charge is 2.30. The summed E-state index contributed by atoms with van der Waals surface area (Å²) in [5, 5.41) is 25.2. The lowest BCUT2D eigenvalue weighted by atomic mass is 10.0. The second kappa shape index (κ2) is 12.1. The highest BCUT2D eigenvalue weighted by atomic mass is 16.5. The molecule has 2 aromatic carbocycles. The fourth-order valence-corrected chi connectivity index (χ4v) is 3.77. The van der Waals surface area contributed by atoms with E-state index in [0.29, 0.717) is 47.0 Å². The Morgan fingerprint density at radius 3 is 2.46 bits per heavy atom. The van der Waals surface area contributed by atoms with Gasteiger partial charge in [-0.05, 0) is 63.7 Å². The predicted molar refractivity (Wildman–Crippen MR) is 143 cm³/mol. The van der Waals surface area contributed by atoms with Crippen LogP contribution in [0.1, 0.15) is 42.3 Å². The Labute approximate surface area is 216 Å². The molecule has 3 rings (SSSR count). The lowest BCUT2D eigenvalue weighted by Gasteiger charge is -2.34. The van der Waals surface area contributed by atoms with Gasteiger partial charge in [-0.3, -0.25) is 14.7 Å². The number of carbonyl (C=O) groups excluding carboxylic acids is 1. The minimum Gasteiger partial charge on any atom is -0.465 e. The fraction of sp³-hybridized carbons (Fsp3) is 0.286. The van der Waals surface area contributed by atoms with Crippen molar-refractivity contribution in [2.75, 3.05) is 30.4 Å². The molecule has 1 aromatic heterocycles. The quantitative estimate of drug-likeness (QED) is 0.356. The summed E-state index contributed by atoms with van der Waals surface area (Å²) in [6.07, 6.45) is 0.561. The maximum Gasteiger partial charge on any atom is 0.412 e. The maximum absolute atomic E-state index is 13.0. The molecule has 0 aliphatic rings. The minimum atomic E-state index is -1.12. The van der Waals surface area contributed by atoms with Gasteiger partial charge < -0.3 is 20.5 Å². The van der Waals surface area contributed by atoms with E-state index in [2.05, 4.69) is 21.7 Å². The average Bonchev–Trinajstić information content (AvgIpc) is 2.86. The number of hydrogen-bond donors (Lipinski definition) is 3. The van der Waals surface area contributed by atoms with E-state index in [-0.39, 0.29) is 5.91 Å². The smallest absolute Gasteiger partial charge is 0.412 e. The summed E-state index contributed by atoms with van der Waals surface area (Å²) >= 11 is 0. The van der Waals surface area contributed by atoms with Gasteiger partial charge in [-0.25, -0.2) is 4.79 Å². The molecular weight excluding hydrogens is 470 g/mol. The summed E-state index contributed by atoms with van der Waals surface area (Å²) in [6, 6.07) is 17.4. The van der Waals surface area contributed by atoms with E-state index >= 15 is 0 Å². The Morgan fingerprint density at radius 2 is 1.84 bits per heavy atom. The normalized spacial score (nSPS) is 11.0. The Morgan fingerprint density at radius 1 is 1.14 bits per heavy atom. The first kappa shape index (κ1) is 27.3. The van der Waals surface area contributed by atoms with E-state index in [0.717, 1.165) is 12.1 Å². The van der Waals surface area contributed by atoms with Crippen LogP contribution in [0.15, 0.2) is 60.8 Å². The standard InChI is InChI=1S/C28H31N5O4/c1-28(2,3)33(27(35)36)24-8-6-5-7-23(24)32-26(34)21-11-9-20(10-12-21)25-22(16-29)15-19(17-31-25)18-37-14-13-30-4/h5-12,15,17,30H,13-14,18H2,1-4H3,(H,32,34)(H,35,36). The highest BCUT2D eigenvalue weighted by molar-refractivity contribution is 6.07. The van der Waals surface area contributed by atoms with Gasteiger partial charge in [0.05, 0.1) is 35.8 Å². The SMILES string of the molecule is CNCCOCc1cnc(-c2ccc(C(=O)Nc3ccccc3N(C(=O)O)C(C)(C)C)cc2)c(C#N)c1. The molecule has 192 valence electrons. The maximum atomic E-state index is 13.0. The zero-order valence-corrected chi connectivity index (χ0v) is 21.4. The number of anilines is 2. The van der Waals surface area contributed by atoms with Gasteiger partial charge in [0, 0.05) is 29.4 Å². The number of carboxylic acid groups (broad SMARTS) is 1. The summed E-state index contributed by atoms with van der Waals surface area (Å²) in [5.41, 5.74) is 2.86. The predicted octanol–water partition coefficient (Wildman–Crippen LogP) is 4.89. The number of hydrogen-bond acceptors (Lipinski definition) is 6. The molecule has 2 amide bonds. The molecule has 3 aromatic rings. The zero-order chi connectivity index (χ0) is 27.0. The van der Waals surface area contributed by atoms with Crippen molar-refractivity contribution in [1.29, 1.82) is 5.26 Å². The molecule has 0 atom stereocenters. The zero-order valence-electron chi connectivity index (χ0n) is 21.4. The second-order valence-electron chi connectivity index (χ2n) is 9.35. The first-order valence-electron chi connectivity index (χ1n) is 11.8. The third-order valence-electron chi connectivity index (χ3n) is 5.51. The molecule has 3 N–H and O–H groups in total. The molecule has 9 nitrogen and oxygen atoms in total. The van der Waals surface area contributed by atoms with Gasteiger partial charge in [-0.1, -0.05) is 24.3 Å². The number of benzene rings is 2. The summed E-state index contributed by atoms with van der Waals surface area (Å²) in [4.78, 5) is 30.6. The summed E-state index contributed by atoms with van der Waals surface area (Å²) in [7, 11) is 1.85.